The third-order valence-corrected chi connectivity index (χ3v) is 7.61. The van der Waals surface area contributed by atoms with Crippen LogP contribution in [0, 0.1) is 29.6 Å². The molecular weight excluding hydrogens is 308 g/mol. The standard InChI is InChI=1S/C23H40O2/c1-3-4-18-7-9-19(10-8-18)20-11-13-21(14-12-20)23(24)25-22-15-5-17(2)6-16-22/h17-22H,3-16H2,1-2H3. The van der Waals surface area contributed by atoms with Gasteiger partial charge < -0.3 is 4.74 Å². The lowest BCUT2D eigenvalue weighted by atomic mass is 9.69. The van der Waals surface area contributed by atoms with Crippen LogP contribution in [-0.2, 0) is 9.53 Å². The van der Waals surface area contributed by atoms with E-state index in [0.717, 1.165) is 49.4 Å². The topological polar surface area (TPSA) is 26.3 Å². The molecular formula is C23H40O2. The fourth-order valence-corrected chi connectivity index (χ4v) is 5.79. The highest BCUT2D eigenvalue weighted by atomic mass is 16.5. The Morgan fingerprint density at radius 1 is 0.800 bits per heavy atom. The first-order chi connectivity index (χ1) is 12.2. The lowest BCUT2D eigenvalue weighted by molar-refractivity contribution is -0.157. The van der Waals surface area contributed by atoms with Crippen molar-refractivity contribution in [3.63, 3.8) is 0 Å². The highest BCUT2D eigenvalue weighted by Gasteiger charge is 2.34. The summed E-state index contributed by atoms with van der Waals surface area (Å²) in [6.07, 6.45) is 18.2. The Bertz CT molecular complexity index is 394. The summed E-state index contributed by atoms with van der Waals surface area (Å²) in [7, 11) is 0. The van der Waals surface area contributed by atoms with E-state index < -0.39 is 0 Å². The number of carbonyl (C=O) groups excluding carboxylic acids is 1. The van der Waals surface area contributed by atoms with Gasteiger partial charge in [-0.3, -0.25) is 4.79 Å². The third-order valence-electron chi connectivity index (χ3n) is 7.61. The van der Waals surface area contributed by atoms with Crippen molar-refractivity contribution < 1.29 is 9.53 Å². The van der Waals surface area contributed by atoms with Gasteiger partial charge in [-0.2, -0.15) is 0 Å². The molecule has 0 amide bonds. The van der Waals surface area contributed by atoms with Crippen LogP contribution in [0.3, 0.4) is 0 Å². The summed E-state index contributed by atoms with van der Waals surface area (Å²) in [6, 6.07) is 0. The zero-order valence-electron chi connectivity index (χ0n) is 16.7. The molecule has 25 heavy (non-hydrogen) atoms. The molecule has 2 heteroatoms. The van der Waals surface area contributed by atoms with Gasteiger partial charge >= 0.3 is 5.97 Å². The predicted octanol–water partition coefficient (Wildman–Crippen LogP) is 6.52. The first-order valence-electron chi connectivity index (χ1n) is 11.4. The Kier molecular flexibility index (Phi) is 7.25. The molecule has 0 aromatic carbocycles. The van der Waals surface area contributed by atoms with Crippen LogP contribution in [0.1, 0.15) is 104 Å². The Balaban J connectivity index is 1.36. The van der Waals surface area contributed by atoms with Gasteiger partial charge in [-0.1, -0.05) is 39.5 Å². The van der Waals surface area contributed by atoms with Crippen molar-refractivity contribution in [3.05, 3.63) is 0 Å². The van der Waals surface area contributed by atoms with Gasteiger partial charge in [0.25, 0.3) is 0 Å². The number of carbonyl (C=O) groups is 1. The molecule has 0 heterocycles. The van der Waals surface area contributed by atoms with Gasteiger partial charge in [0, 0.05) is 0 Å². The molecule has 144 valence electrons. The summed E-state index contributed by atoms with van der Waals surface area (Å²) < 4.78 is 5.86. The summed E-state index contributed by atoms with van der Waals surface area (Å²) in [5.74, 6) is 3.99. The Morgan fingerprint density at radius 2 is 1.36 bits per heavy atom. The van der Waals surface area contributed by atoms with Crippen LogP contribution in [0.15, 0.2) is 0 Å². The molecule has 0 aromatic rings. The predicted molar refractivity (Wildman–Crippen MR) is 103 cm³/mol. The number of esters is 1. The van der Waals surface area contributed by atoms with E-state index in [0.29, 0.717) is 0 Å². The average Bonchev–Trinajstić information content (AvgIpc) is 2.65. The van der Waals surface area contributed by atoms with Crippen molar-refractivity contribution in [3.8, 4) is 0 Å². The zero-order chi connectivity index (χ0) is 17.6. The highest BCUT2D eigenvalue weighted by Crippen LogP contribution is 2.42. The van der Waals surface area contributed by atoms with Crippen molar-refractivity contribution in [1.29, 1.82) is 0 Å². The van der Waals surface area contributed by atoms with Gasteiger partial charge in [-0.25, -0.2) is 0 Å². The van der Waals surface area contributed by atoms with Gasteiger partial charge in [0.15, 0.2) is 0 Å². The van der Waals surface area contributed by atoms with Gasteiger partial charge in [-0.15, -0.1) is 0 Å². The molecule has 0 radical (unpaired) electrons. The number of hydrogen-bond acceptors (Lipinski definition) is 2. The summed E-state index contributed by atoms with van der Waals surface area (Å²) in [5.41, 5.74) is 0. The monoisotopic (exact) mass is 348 g/mol. The Labute approximate surface area is 155 Å². The fraction of sp³-hybridized carbons (Fsp3) is 0.957. The van der Waals surface area contributed by atoms with Crippen molar-refractivity contribution in [1.82, 2.24) is 0 Å². The van der Waals surface area contributed by atoms with Crippen molar-refractivity contribution in [2.45, 2.75) is 110 Å². The quantitative estimate of drug-likeness (QED) is 0.529. The van der Waals surface area contributed by atoms with Crippen LogP contribution >= 0.6 is 0 Å². The fourth-order valence-electron chi connectivity index (χ4n) is 5.79. The zero-order valence-corrected chi connectivity index (χ0v) is 16.7. The van der Waals surface area contributed by atoms with Gasteiger partial charge in [0.1, 0.15) is 6.10 Å². The Morgan fingerprint density at radius 3 is 1.92 bits per heavy atom. The second-order valence-electron chi connectivity index (χ2n) is 9.50. The van der Waals surface area contributed by atoms with Crippen molar-refractivity contribution in [2.24, 2.45) is 29.6 Å². The van der Waals surface area contributed by atoms with Crippen LogP contribution < -0.4 is 0 Å². The lowest BCUT2D eigenvalue weighted by Gasteiger charge is -2.37. The van der Waals surface area contributed by atoms with E-state index in [-0.39, 0.29) is 18.0 Å². The first kappa shape index (κ1) is 19.2. The summed E-state index contributed by atoms with van der Waals surface area (Å²) in [4.78, 5) is 12.5. The van der Waals surface area contributed by atoms with Crippen LogP contribution in [-0.4, -0.2) is 12.1 Å². The average molecular weight is 349 g/mol. The van der Waals surface area contributed by atoms with E-state index in [1.807, 2.05) is 0 Å². The minimum Gasteiger partial charge on any atom is -0.462 e. The van der Waals surface area contributed by atoms with Crippen molar-refractivity contribution in [2.75, 3.05) is 0 Å². The van der Waals surface area contributed by atoms with Gasteiger partial charge in [0.2, 0.25) is 0 Å². The molecule has 0 atom stereocenters. The SMILES string of the molecule is CCCC1CCC(C2CCC(C(=O)OC3CCC(C)CC3)CC2)CC1. The third kappa shape index (κ3) is 5.47. The largest absolute Gasteiger partial charge is 0.462 e. The molecule has 3 fully saturated rings. The van der Waals surface area contributed by atoms with E-state index in [1.54, 1.807) is 0 Å². The summed E-state index contributed by atoms with van der Waals surface area (Å²) >= 11 is 0. The molecule has 0 aliphatic heterocycles. The number of rotatable bonds is 5. The molecule has 0 aromatic heterocycles. The van der Waals surface area contributed by atoms with Crippen LogP contribution in [0.2, 0.25) is 0 Å². The molecule has 3 saturated carbocycles. The van der Waals surface area contributed by atoms with Gasteiger partial charge in [-0.05, 0) is 87.9 Å². The molecule has 3 aliphatic rings. The van der Waals surface area contributed by atoms with E-state index in [1.165, 1.54) is 64.2 Å². The van der Waals surface area contributed by atoms with Crippen LogP contribution in [0.5, 0.6) is 0 Å². The number of ether oxygens (including phenoxy) is 1. The molecule has 2 nitrogen and oxygen atoms in total. The molecule has 0 saturated heterocycles. The second-order valence-corrected chi connectivity index (χ2v) is 9.50. The van der Waals surface area contributed by atoms with E-state index in [2.05, 4.69) is 13.8 Å². The molecule has 0 bridgehead atoms. The maximum Gasteiger partial charge on any atom is 0.309 e. The minimum atomic E-state index is 0.129. The highest BCUT2D eigenvalue weighted by molar-refractivity contribution is 5.72. The van der Waals surface area contributed by atoms with Crippen molar-refractivity contribution >= 4 is 5.97 Å². The van der Waals surface area contributed by atoms with E-state index in [4.69, 9.17) is 4.74 Å². The molecule has 0 spiro atoms. The molecule has 3 rings (SSSR count). The van der Waals surface area contributed by atoms with Gasteiger partial charge in [0.05, 0.1) is 5.92 Å². The lowest BCUT2D eigenvalue weighted by Crippen LogP contribution is -2.32. The van der Waals surface area contributed by atoms with E-state index >= 15 is 0 Å². The maximum atomic E-state index is 12.5. The normalized spacial score (nSPS) is 39.8. The smallest absolute Gasteiger partial charge is 0.309 e. The second kappa shape index (κ2) is 9.42. The summed E-state index contributed by atoms with van der Waals surface area (Å²) in [6.45, 7) is 4.63. The van der Waals surface area contributed by atoms with Crippen LogP contribution in [0.4, 0.5) is 0 Å². The van der Waals surface area contributed by atoms with E-state index in [9.17, 15) is 4.79 Å². The number of hydrogen-bond donors (Lipinski definition) is 0. The molecule has 0 unspecified atom stereocenters. The minimum absolute atomic E-state index is 0.129. The molecule has 3 aliphatic carbocycles. The molecule has 0 N–H and O–H groups in total. The Hall–Kier alpha value is -0.530. The van der Waals surface area contributed by atoms with Crippen LogP contribution in [0.25, 0.3) is 0 Å². The summed E-state index contributed by atoms with van der Waals surface area (Å²) in [5, 5.41) is 0. The maximum absolute atomic E-state index is 12.5. The first-order valence-corrected chi connectivity index (χ1v) is 11.4.